The molecule has 2 aromatic heterocycles. The Morgan fingerprint density at radius 2 is 2.18 bits per heavy atom. The van der Waals surface area contributed by atoms with Gasteiger partial charge >= 0.3 is 0 Å². The van der Waals surface area contributed by atoms with Gasteiger partial charge in [0.25, 0.3) is 5.91 Å². The lowest BCUT2D eigenvalue weighted by Gasteiger charge is -2.37. The number of furan rings is 1. The summed E-state index contributed by atoms with van der Waals surface area (Å²) in [5.74, 6) is 0.498. The van der Waals surface area contributed by atoms with E-state index >= 15 is 0 Å². The van der Waals surface area contributed by atoms with Gasteiger partial charge < -0.3 is 24.7 Å². The Labute approximate surface area is 166 Å². The van der Waals surface area contributed by atoms with Crippen LogP contribution in [0, 0.1) is 6.92 Å². The molecular formula is C20H22N2O5S. The highest BCUT2D eigenvalue weighted by Gasteiger charge is 2.40. The largest absolute Gasteiger partial charge is 0.486 e. The molecule has 7 nitrogen and oxygen atoms in total. The van der Waals surface area contributed by atoms with E-state index in [9.17, 15) is 9.90 Å². The van der Waals surface area contributed by atoms with Gasteiger partial charge in [-0.2, -0.15) is 0 Å². The molecule has 0 saturated carbocycles. The summed E-state index contributed by atoms with van der Waals surface area (Å²) in [6.45, 7) is 2.97. The molecule has 1 fully saturated rings. The summed E-state index contributed by atoms with van der Waals surface area (Å²) in [6, 6.07) is 3.60. The first-order valence-corrected chi connectivity index (χ1v) is 10.00. The van der Waals surface area contributed by atoms with Crippen LogP contribution in [0.1, 0.15) is 39.5 Å². The Morgan fingerprint density at radius 3 is 2.82 bits per heavy atom. The topological polar surface area (TPSA) is 108 Å². The fourth-order valence-electron chi connectivity index (χ4n) is 3.95. The summed E-state index contributed by atoms with van der Waals surface area (Å²) >= 11 is 1.51. The maximum absolute atomic E-state index is 12.2. The van der Waals surface area contributed by atoms with E-state index in [-0.39, 0.29) is 6.61 Å². The second-order valence-corrected chi connectivity index (χ2v) is 7.95. The molecule has 3 aromatic rings. The molecule has 0 radical (unpaired) electrons. The number of rotatable bonds is 6. The molecule has 1 amide bonds. The summed E-state index contributed by atoms with van der Waals surface area (Å²) < 4.78 is 17.4. The molecule has 0 aliphatic carbocycles. The van der Waals surface area contributed by atoms with Crippen LogP contribution in [0.4, 0.5) is 0 Å². The average molecular weight is 402 g/mol. The number of aryl methyl sites for hydroxylation is 1. The van der Waals surface area contributed by atoms with Crippen LogP contribution in [0.25, 0.3) is 11.0 Å². The van der Waals surface area contributed by atoms with Crippen LogP contribution in [-0.4, -0.2) is 35.8 Å². The quantitative estimate of drug-likeness (QED) is 0.656. The number of primary amides is 1. The standard InChI is InChI=1S/C20H22N2O5S/c1-12-16(19(21)24)17-13(27-12)2-3-14(26-10-15-22-6-9-28-15)18(17)20(11-23)4-7-25-8-5-20/h2-3,6,9,23H,4-5,7-8,10-11H2,1H3,(H2,21,24). The predicted octanol–water partition coefficient (Wildman–Crippen LogP) is 2.92. The van der Waals surface area contributed by atoms with E-state index in [0.717, 1.165) is 10.6 Å². The highest BCUT2D eigenvalue weighted by Crippen LogP contribution is 2.46. The second kappa shape index (κ2) is 7.54. The molecule has 1 aliphatic rings. The zero-order valence-corrected chi connectivity index (χ0v) is 16.4. The molecule has 0 bridgehead atoms. The lowest BCUT2D eigenvalue weighted by atomic mass is 9.72. The number of fused-ring (bicyclic) bond motifs is 1. The van der Waals surface area contributed by atoms with Crippen molar-refractivity contribution in [2.45, 2.75) is 31.8 Å². The number of thiazole rings is 1. The molecule has 3 heterocycles. The molecule has 0 spiro atoms. The lowest BCUT2D eigenvalue weighted by Crippen LogP contribution is -2.38. The number of carbonyl (C=O) groups is 1. The van der Waals surface area contributed by atoms with E-state index < -0.39 is 11.3 Å². The number of benzene rings is 1. The van der Waals surface area contributed by atoms with Crippen molar-refractivity contribution >= 4 is 28.2 Å². The average Bonchev–Trinajstić information content (AvgIpc) is 3.33. The monoisotopic (exact) mass is 402 g/mol. The molecule has 8 heteroatoms. The van der Waals surface area contributed by atoms with E-state index in [1.54, 1.807) is 19.2 Å². The lowest BCUT2D eigenvalue weighted by molar-refractivity contribution is 0.0246. The van der Waals surface area contributed by atoms with Gasteiger partial charge in [0, 0.05) is 41.2 Å². The van der Waals surface area contributed by atoms with Crippen LogP contribution >= 0.6 is 11.3 Å². The highest BCUT2D eigenvalue weighted by atomic mass is 32.1. The van der Waals surface area contributed by atoms with Crippen LogP contribution in [0.5, 0.6) is 5.75 Å². The number of amides is 1. The van der Waals surface area contributed by atoms with Gasteiger partial charge in [-0.3, -0.25) is 4.79 Å². The van der Waals surface area contributed by atoms with Gasteiger partial charge in [-0.05, 0) is 31.9 Å². The normalized spacial score (nSPS) is 16.4. The summed E-state index contributed by atoms with van der Waals surface area (Å²) in [4.78, 5) is 16.5. The summed E-state index contributed by atoms with van der Waals surface area (Å²) in [6.07, 6.45) is 2.95. The minimum absolute atomic E-state index is 0.0918. The number of nitrogens with two attached hydrogens (primary N) is 1. The van der Waals surface area contributed by atoms with Crippen molar-refractivity contribution in [3.05, 3.63) is 45.6 Å². The van der Waals surface area contributed by atoms with E-state index in [2.05, 4.69) is 4.98 Å². The molecule has 3 N–H and O–H groups in total. The van der Waals surface area contributed by atoms with E-state index in [1.165, 1.54) is 11.3 Å². The SMILES string of the molecule is Cc1oc2ccc(OCc3nccs3)c(C3(CO)CCOCC3)c2c1C(N)=O. The van der Waals surface area contributed by atoms with Crippen molar-refractivity contribution in [3.63, 3.8) is 0 Å². The Balaban J connectivity index is 1.92. The molecule has 28 heavy (non-hydrogen) atoms. The number of aliphatic hydroxyl groups is 1. The van der Waals surface area contributed by atoms with Gasteiger partial charge in [0.05, 0.1) is 12.2 Å². The molecule has 0 unspecified atom stereocenters. The minimum Gasteiger partial charge on any atom is -0.486 e. The van der Waals surface area contributed by atoms with Crippen molar-refractivity contribution in [2.24, 2.45) is 5.73 Å². The van der Waals surface area contributed by atoms with Gasteiger partial charge in [0.1, 0.15) is 28.7 Å². The zero-order valence-electron chi connectivity index (χ0n) is 15.6. The fraction of sp³-hybridized carbons (Fsp3) is 0.400. The highest BCUT2D eigenvalue weighted by molar-refractivity contribution is 7.09. The van der Waals surface area contributed by atoms with Gasteiger partial charge in [-0.25, -0.2) is 4.98 Å². The molecule has 1 saturated heterocycles. The number of ether oxygens (including phenoxy) is 2. The molecule has 1 aliphatic heterocycles. The molecule has 148 valence electrons. The van der Waals surface area contributed by atoms with Crippen molar-refractivity contribution in [1.29, 1.82) is 0 Å². The first-order valence-electron chi connectivity index (χ1n) is 9.12. The van der Waals surface area contributed by atoms with Crippen molar-refractivity contribution in [2.75, 3.05) is 19.8 Å². The summed E-state index contributed by atoms with van der Waals surface area (Å²) in [5.41, 5.74) is 6.73. The van der Waals surface area contributed by atoms with E-state index in [4.69, 9.17) is 19.6 Å². The second-order valence-electron chi connectivity index (χ2n) is 6.97. The molecule has 0 atom stereocenters. The van der Waals surface area contributed by atoms with Gasteiger partial charge in [0.15, 0.2) is 0 Å². The Kier molecular flexibility index (Phi) is 5.09. The maximum atomic E-state index is 12.2. The molecule has 4 rings (SSSR count). The van der Waals surface area contributed by atoms with Crippen molar-refractivity contribution < 1.29 is 23.8 Å². The Bertz CT molecular complexity index is 990. The van der Waals surface area contributed by atoms with E-state index in [0.29, 0.717) is 60.7 Å². The maximum Gasteiger partial charge on any atom is 0.252 e. The van der Waals surface area contributed by atoms with Crippen molar-refractivity contribution in [3.8, 4) is 5.75 Å². The van der Waals surface area contributed by atoms with Gasteiger partial charge in [-0.1, -0.05) is 0 Å². The Morgan fingerprint density at radius 1 is 1.39 bits per heavy atom. The first-order chi connectivity index (χ1) is 13.6. The third-order valence-electron chi connectivity index (χ3n) is 5.36. The zero-order chi connectivity index (χ0) is 19.7. The van der Waals surface area contributed by atoms with Crippen LogP contribution in [0.3, 0.4) is 0 Å². The molecular weight excluding hydrogens is 380 g/mol. The first kappa shape index (κ1) is 18.9. The van der Waals surface area contributed by atoms with Gasteiger partial charge in [0.2, 0.25) is 0 Å². The van der Waals surface area contributed by atoms with Crippen LogP contribution < -0.4 is 10.5 Å². The smallest absolute Gasteiger partial charge is 0.252 e. The minimum atomic E-state index is -0.601. The summed E-state index contributed by atoms with van der Waals surface area (Å²) in [7, 11) is 0. The predicted molar refractivity (Wildman–Crippen MR) is 105 cm³/mol. The number of aliphatic hydroxyl groups excluding tert-OH is 1. The number of hydrogen-bond acceptors (Lipinski definition) is 7. The van der Waals surface area contributed by atoms with E-state index in [1.807, 2.05) is 11.4 Å². The van der Waals surface area contributed by atoms with Crippen LogP contribution in [-0.2, 0) is 16.8 Å². The van der Waals surface area contributed by atoms with Crippen LogP contribution in [0.2, 0.25) is 0 Å². The molecule has 1 aromatic carbocycles. The summed E-state index contributed by atoms with van der Waals surface area (Å²) in [5, 5.41) is 13.8. The number of nitrogens with zero attached hydrogens (tertiary/aromatic N) is 1. The number of carbonyl (C=O) groups excluding carboxylic acids is 1. The van der Waals surface area contributed by atoms with Crippen LogP contribution in [0.15, 0.2) is 28.1 Å². The Hall–Kier alpha value is -2.42. The van der Waals surface area contributed by atoms with Gasteiger partial charge in [-0.15, -0.1) is 11.3 Å². The number of aromatic nitrogens is 1. The van der Waals surface area contributed by atoms with Crippen molar-refractivity contribution in [1.82, 2.24) is 4.98 Å². The third-order valence-corrected chi connectivity index (χ3v) is 6.11. The third kappa shape index (κ3) is 3.17. The number of hydrogen-bond donors (Lipinski definition) is 2. The fourth-order valence-corrected chi connectivity index (χ4v) is 4.47.